The summed E-state index contributed by atoms with van der Waals surface area (Å²) in [7, 11) is 0. The first-order chi connectivity index (χ1) is 8.08. The van der Waals surface area contributed by atoms with Crippen molar-refractivity contribution in [2.45, 2.75) is 18.0 Å². The van der Waals surface area contributed by atoms with E-state index in [1.165, 1.54) is 30.3 Å². The Morgan fingerprint density at radius 1 is 0.722 bits per heavy atom. The van der Waals surface area contributed by atoms with Crippen LogP contribution < -0.4 is 0 Å². The monoisotopic (exact) mass is 272 g/mol. The van der Waals surface area contributed by atoms with Crippen molar-refractivity contribution in [1.29, 1.82) is 0 Å². The maximum absolute atomic E-state index is 13.2. The Morgan fingerprint density at radius 2 is 1.17 bits per heavy atom. The zero-order chi connectivity index (χ0) is 14.0. The SMILES string of the molecule is FC(F)(F)C(F)(/C=C/c1ccccc1)C(F)(F)F. The second-order valence-corrected chi connectivity index (χ2v) is 3.45. The first-order valence-electron chi connectivity index (χ1n) is 4.64. The molecule has 100 valence electrons. The van der Waals surface area contributed by atoms with Crippen LogP contribution >= 0.6 is 0 Å². The van der Waals surface area contributed by atoms with Gasteiger partial charge in [0.15, 0.2) is 0 Å². The summed E-state index contributed by atoms with van der Waals surface area (Å²) in [4.78, 5) is 0. The van der Waals surface area contributed by atoms with Crippen LogP contribution in [0.2, 0.25) is 0 Å². The topological polar surface area (TPSA) is 0 Å². The summed E-state index contributed by atoms with van der Waals surface area (Å²) in [5.74, 6) is 0. The summed E-state index contributed by atoms with van der Waals surface area (Å²) >= 11 is 0. The molecule has 0 bridgehead atoms. The van der Waals surface area contributed by atoms with Gasteiger partial charge in [0.05, 0.1) is 0 Å². The summed E-state index contributed by atoms with van der Waals surface area (Å²) in [5.41, 5.74) is -5.32. The molecule has 0 N–H and O–H groups in total. The van der Waals surface area contributed by atoms with E-state index in [1.54, 1.807) is 0 Å². The molecule has 0 spiro atoms. The Labute approximate surface area is 97.7 Å². The molecule has 0 aliphatic heterocycles. The molecular formula is C11H7F7. The lowest BCUT2D eigenvalue weighted by Gasteiger charge is -2.26. The molecule has 0 saturated carbocycles. The van der Waals surface area contributed by atoms with Crippen molar-refractivity contribution in [3.8, 4) is 0 Å². The van der Waals surface area contributed by atoms with Gasteiger partial charge >= 0.3 is 18.0 Å². The highest BCUT2D eigenvalue weighted by atomic mass is 19.4. The van der Waals surface area contributed by atoms with Crippen LogP contribution in [0, 0.1) is 0 Å². The lowest BCUT2D eigenvalue weighted by Crippen LogP contribution is -2.51. The molecule has 0 atom stereocenters. The van der Waals surface area contributed by atoms with Crippen LogP contribution in [0.1, 0.15) is 5.56 Å². The van der Waals surface area contributed by atoms with E-state index in [0.717, 1.165) is 0 Å². The van der Waals surface area contributed by atoms with Crippen molar-refractivity contribution in [1.82, 2.24) is 0 Å². The Balaban J connectivity index is 3.13. The highest BCUT2D eigenvalue weighted by Crippen LogP contribution is 2.47. The van der Waals surface area contributed by atoms with Crippen molar-refractivity contribution in [3.63, 3.8) is 0 Å². The Morgan fingerprint density at radius 3 is 1.56 bits per heavy atom. The molecule has 0 saturated heterocycles. The van der Waals surface area contributed by atoms with Gasteiger partial charge in [-0.15, -0.1) is 0 Å². The van der Waals surface area contributed by atoms with E-state index in [2.05, 4.69) is 0 Å². The summed E-state index contributed by atoms with van der Waals surface area (Å²) in [6.07, 6.45) is -12.2. The smallest absolute Gasteiger partial charge is 0.219 e. The third-order valence-electron chi connectivity index (χ3n) is 2.13. The number of hydrogen-bond acceptors (Lipinski definition) is 0. The minimum absolute atomic E-state index is 0.0352. The van der Waals surface area contributed by atoms with E-state index >= 15 is 0 Å². The minimum atomic E-state index is -6.06. The van der Waals surface area contributed by atoms with Crippen LogP contribution in [-0.4, -0.2) is 18.0 Å². The fraction of sp³-hybridized carbons (Fsp3) is 0.273. The highest BCUT2D eigenvalue weighted by Gasteiger charge is 2.71. The molecule has 0 heterocycles. The standard InChI is InChI=1S/C11H7F7/c12-9(10(13,14)15,11(16,17)18)7-6-8-4-2-1-3-5-8/h1-7H/b7-6+. The van der Waals surface area contributed by atoms with Gasteiger partial charge < -0.3 is 0 Å². The summed E-state index contributed by atoms with van der Waals surface area (Å²) in [6, 6.07) is 6.84. The van der Waals surface area contributed by atoms with Gasteiger partial charge in [-0.25, -0.2) is 4.39 Å². The second kappa shape index (κ2) is 4.62. The molecule has 0 radical (unpaired) electrons. The quantitative estimate of drug-likeness (QED) is 0.694. The van der Waals surface area contributed by atoms with E-state index in [1.807, 2.05) is 0 Å². The number of halogens is 7. The van der Waals surface area contributed by atoms with Crippen molar-refractivity contribution < 1.29 is 30.7 Å². The van der Waals surface area contributed by atoms with Crippen molar-refractivity contribution in [3.05, 3.63) is 42.0 Å². The predicted octanol–water partition coefficient (Wildman–Crippen LogP) is 4.53. The van der Waals surface area contributed by atoms with E-state index in [-0.39, 0.29) is 5.56 Å². The Bertz CT molecular complexity index is 399. The van der Waals surface area contributed by atoms with Crippen LogP contribution in [0.4, 0.5) is 30.7 Å². The van der Waals surface area contributed by atoms with Gasteiger partial charge in [-0.2, -0.15) is 26.3 Å². The van der Waals surface area contributed by atoms with Gasteiger partial charge in [0, 0.05) is 0 Å². The zero-order valence-corrected chi connectivity index (χ0v) is 8.69. The normalized spacial score (nSPS) is 14.2. The number of alkyl halides is 7. The van der Waals surface area contributed by atoms with E-state index in [9.17, 15) is 30.7 Å². The number of allylic oxidation sites excluding steroid dienone is 1. The van der Waals surface area contributed by atoms with Gasteiger partial charge in [-0.1, -0.05) is 36.4 Å². The second-order valence-electron chi connectivity index (χ2n) is 3.45. The van der Waals surface area contributed by atoms with Crippen molar-refractivity contribution in [2.75, 3.05) is 0 Å². The molecule has 0 fully saturated rings. The molecular weight excluding hydrogens is 265 g/mol. The van der Waals surface area contributed by atoms with Crippen molar-refractivity contribution in [2.24, 2.45) is 0 Å². The average molecular weight is 272 g/mol. The summed E-state index contributed by atoms with van der Waals surface area (Å²) < 4.78 is 86.1. The van der Waals surface area contributed by atoms with Gasteiger partial charge in [-0.3, -0.25) is 0 Å². The molecule has 0 aromatic heterocycles. The lowest BCUT2D eigenvalue weighted by atomic mass is 10.0. The first kappa shape index (κ1) is 14.5. The van der Waals surface area contributed by atoms with E-state index < -0.39 is 24.1 Å². The molecule has 1 rings (SSSR count). The molecule has 7 heteroatoms. The molecule has 0 nitrogen and oxygen atoms in total. The van der Waals surface area contributed by atoms with Gasteiger partial charge in [0.25, 0.3) is 0 Å². The maximum Gasteiger partial charge on any atom is 0.435 e. The largest absolute Gasteiger partial charge is 0.435 e. The van der Waals surface area contributed by atoms with Gasteiger partial charge in [-0.05, 0) is 11.6 Å². The summed E-state index contributed by atoms with van der Waals surface area (Å²) in [5, 5.41) is 0. The van der Waals surface area contributed by atoms with Crippen LogP contribution in [0.3, 0.4) is 0 Å². The number of benzene rings is 1. The van der Waals surface area contributed by atoms with Crippen LogP contribution in [-0.2, 0) is 0 Å². The molecule has 0 unspecified atom stereocenters. The van der Waals surface area contributed by atoms with Crippen molar-refractivity contribution >= 4 is 6.08 Å². The van der Waals surface area contributed by atoms with Crippen LogP contribution in [0.25, 0.3) is 6.08 Å². The molecule has 0 aliphatic carbocycles. The lowest BCUT2D eigenvalue weighted by molar-refractivity contribution is -0.321. The predicted molar refractivity (Wildman–Crippen MR) is 51.4 cm³/mol. The fourth-order valence-corrected chi connectivity index (χ4v) is 1.12. The van der Waals surface area contributed by atoms with Gasteiger partial charge in [0.1, 0.15) is 0 Å². The Hall–Kier alpha value is -1.53. The molecule has 0 aliphatic rings. The van der Waals surface area contributed by atoms with Crippen LogP contribution in [0.15, 0.2) is 36.4 Å². The molecule has 0 amide bonds. The first-order valence-corrected chi connectivity index (χ1v) is 4.64. The Kier molecular flexibility index (Phi) is 3.73. The van der Waals surface area contributed by atoms with E-state index in [0.29, 0.717) is 6.08 Å². The third-order valence-corrected chi connectivity index (χ3v) is 2.13. The summed E-state index contributed by atoms with van der Waals surface area (Å²) in [6.45, 7) is 0. The van der Waals surface area contributed by atoms with Gasteiger partial charge in [0.2, 0.25) is 0 Å². The highest BCUT2D eigenvalue weighted by molar-refractivity contribution is 5.50. The third kappa shape index (κ3) is 2.83. The molecule has 1 aromatic rings. The van der Waals surface area contributed by atoms with Crippen LogP contribution in [0.5, 0.6) is 0 Å². The number of hydrogen-bond donors (Lipinski definition) is 0. The molecule has 1 aromatic carbocycles. The number of rotatable bonds is 2. The maximum atomic E-state index is 13.2. The molecule has 18 heavy (non-hydrogen) atoms. The fourth-order valence-electron chi connectivity index (χ4n) is 1.12. The minimum Gasteiger partial charge on any atom is -0.219 e. The zero-order valence-electron chi connectivity index (χ0n) is 8.69. The van der Waals surface area contributed by atoms with E-state index in [4.69, 9.17) is 0 Å². The average Bonchev–Trinajstić information content (AvgIpc) is 2.24.